The molecular formula is C8H7ClN2. The van der Waals surface area contributed by atoms with Crippen molar-refractivity contribution in [3.8, 4) is 0 Å². The summed E-state index contributed by atoms with van der Waals surface area (Å²) in [6.45, 7) is 8.60. The number of halogens is 1. The van der Waals surface area contributed by atoms with Gasteiger partial charge in [-0.25, -0.2) is 11.6 Å². The fraction of sp³-hybridized carbons (Fsp3) is 0.250. The van der Waals surface area contributed by atoms with Crippen LogP contribution in [0.2, 0.25) is 5.15 Å². The van der Waals surface area contributed by atoms with Crippen LogP contribution in [0.1, 0.15) is 18.5 Å². The number of nitrogens with zero attached hydrogens (tertiary/aromatic N) is 2. The molecule has 56 valence electrons. The van der Waals surface area contributed by atoms with E-state index in [1.807, 2.05) is 13.0 Å². The van der Waals surface area contributed by atoms with Crippen molar-refractivity contribution in [2.45, 2.75) is 13.0 Å². The van der Waals surface area contributed by atoms with Gasteiger partial charge in [0.2, 0.25) is 6.04 Å². The predicted molar refractivity (Wildman–Crippen MR) is 44.3 cm³/mol. The summed E-state index contributed by atoms with van der Waals surface area (Å²) in [7, 11) is 0. The second kappa shape index (κ2) is 3.36. The molecular weight excluding hydrogens is 160 g/mol. The average Bonchev–Trinajstić information content (AvgIpc) is 2.05. The molecule has 0 fully saturated rings. The third-order valence-electron chi connectivity index (χ3n) is 1.43. The maximum atomic E-state index is 6.76. The first-order chi connectivity index (χ1) is 5.24. The first-order valence-corrected chi connectivity index (χ1v) is 3.60. The van der Waals surface area contributed by atoms with Crippen molar-refractivity contribution in [2.75, 3.05) is 0 Å². The monoisotopic (exact) mass is 166 g/mol. The highest BCUT2D eigenvalue weighted by atomic mass is 35.5. The van der Waals surface area contributed by atoms with Crippen LogP contribution in [0.3, 0.4) is 0 Å². The summed E-state index contributed by atoms with van der Waals surface area (Å²) in [5.74, 6) is 0. The van der Waals surface area contributed by atoms with Gasteiger partial charge in [0.1, 0.15) is 5.15 Å². The summed E-state index contributed by atoms with van der Waals surface area (Å²) < 4.78 is 0. The van der Waals surface area contributed by atoms with Gasteiger partial charge in [-0.3, -0.25) is 0 Å². The van der Waals surface area contributed by atoms with Crippen molar-refractivity contribution in [3.63, 3.8) is 0 Å². The minimum Gasteiger partial charge on any atom is -0.309 e. The summed E-state index contributed by atoms with van der Waals surface area (Å²) in [5, 5.41) is 0.464. The normalized spacial score (nSPS) is 12.1. The summed E-state index contributed by atoms with van der Waals surface area (Å²) in [4.78, 5) is 7.23. The molecule has 1 aromatic heterocycles. The van der Waals surface area contributed by atoms with E-state index < -0.39 is 0 Å². The Bertz CT molecular complexity index is 273. The maximum Gasteiger partial charge on any atom is 0.247 e. The Morgan fingerprint density at radius 2 is 2.36 bits per heavy atom. The number of rotatable bonds is 1. The molecule has 0 saturated carbocycles. The number of pyridine rings is 1. The zero-order valence-corrected chi connectivity index (χ0v) is 6.84. The van der Waals surface area contributed by atoms with Gasteiger partial charge in [0.25, 0.3) is 0 Å². The molecule has 3 heteroatoms. The van der Waals surface area contributed by atoms with Gasteiger partial charge in [0.15, 0.2) is 0 Å². The van der Waals surface area contributed by atoms with E-state index in [9.17, 15) is 0 Å². The number of aromatic nitrogens is 1. The zero-order valence-electron chi connectivity index (χ0n) is 6.08. The van der Waals surface area contributed by atoms with Crippen molar-refractivity contribution in [2.24, 2.45) is 0 Å². The highest BCUT2D eigenvalue weighted by molar-refractivity contribution is 6.29. The minimum atomic E-state index is -0.125. The topological polar surface area (TPSA) is 17.2 Å². The Balaban J connectivity index is 2.92. The van der Waals surface area contributed by atoms with Gasteiger partial charge in [-0.1, -0.05) is 11.6 Å². The summed E-state index contributed by atoms with van der Waals surface area (Å²) in [6.07, 6.45) is 1.63. The largest absolute Gasteiger partial charge is 0.309 e. The molecule has 0 radical (unpaired) electrons. The molecule has 0 aromatic carbocycles. The van der Waals surface area contributed by atoms with Crippen LogP contribution in [0.5, 0.6) is 0 Å². The Morgan fingerprint density at radius 3 is 2.82 bits per heavy atom. The quantitative estimate of drug-likeness (QED) is 0.463. The maximum absolute atomic E-state index is 6.76. The molecule has 0 aliphatic carbocycles. The third-order valence-corrected chi connectivity index (χ3v) is 1.65. The van der Waals surface area contributed by atoms with Crippen LogP contribution in [0.4, 0.5) is 0 Å². The average molecular weight is 167 g/mol. The molecule has 0 aliphatic rings. The SMILES string of the molecule is [C-]#[N+]C(C)c1ccc(Cl)nc1. The van der Waals surface area contributed by atoms with E-state index in [4.69, 9.17) is 18.2 Å². The van der Waals surface area contributed by atoms with Gasteiger partial charge >= 0.3 is 0 Å². The van der Waals surface area contributed by atoms with Gasteiger partial charge in [0, 0.05) is 13.1 Å². The van der Waals surface area contributed by atoms with Crippen LogP contribution in [0, 0.1) is 6.57 Å². The first-order valence-electron chi connectivity index (χ1n) is 3.22. The lowest BCUT2D eigenvalue weighted by Crippen LogP contribution is -1.87. The molecule has 2 nitrogen and oxygen atoms in total. The van der Waals surface area contributed by atoms with Crippen molar-refractivity contribution < 1.29 is 0 Å². The lowest BCUT2D eigenvalue weighted by molar-refractivity contribution is 0.948. The van der Waals surface area contributed by atoms with Crippen molar-refractivity contribution in [1.82, 2.24) is 4.98 Å². The number of hydrogen-bond donors (Lipinski definition) is 0. The molecule has 1 aromatic rings. The van der Waals surface area contributed by atoms with E-state index in [0.29, 0.717) is 5.15 Å². The van der Waals surface area contributed by atoms with Crippen LogP contribution >= 0.6 is 11.6 Å². The molecule has 0 bridgehead atoms. The third kappa shape index (κ3) is 1.92. The highest BCUT2D eigenvalue weighted by Crippen LogP contribution is 2.16. The molecule has 0 amide bonds. The van der Waals surface area contributed by atoms with E-state index in [1.165, 1.54) is 0 Å². The Kier molecular flexibility index (Phi) is 2.45. The molecule has 0 spiro atoms. The Labute approximate surface area is 70.7 Å². The van der Waals surface area contributed by atoms with Gasteiger partial charge in [-0.15, -0.1) is 0 Å². The zero-order chi connectivity index (χ0) is 8.27. The molecule has 1 unspecified atom stereocenters. The van der Waals surface area contributed by atoms with Gasteiger partial charge in [-0.2, -0.15) is 0 Å². The Hall–Kier alpha value is -1.07. The number of hydrogen-bond acceptors (Lipinski definition) is 1. The van der Waals surface area contributed by atoms with Crippen molar-refractivity contribution >= 4 is 11.6 Å². The van der Waals surface area contributed by atoms with Crippen LogP contribution in [-0.4, -0.2) is 4.98 Å². The molecule has 1 rings (SSSR count). The Morgan fingerprint density at radius 1 is 1.64 bits per heavy atom. The lowest BCUT2D eigenvalue weighted by Gasteiger charge is -1.96. The fourth-order valence-electron chi connectivity index (χ4n) is 0.709. The summed E-state index contributed by atoms with van der Waals surface area (Å²) in [5.41, 5.74) is 0.907. The summed E-state index contributed by atoms with van der Waals surface area (Å²) in [6, 6.07) is 3.39. The molecule has 0 N–H and O–H groups in total. The lowest BCUT2D eigenvalue weighted by atomic mass is 10.2. The molecule has 0 aliphatic heterocycles. The van der Waals surface area contributed by atoms with E-state index >= 15 is 0 Å². The van der Waals surface area contributed by atoms with Crippen LogP contribution in [0.15, 0.2) is 18.3 Å². The second-order valence-corrected chi connectivity index (χ2v) is 2.61. The van der Waals surface area contributed by atoms with Crippen LogP contribution in [0.25, 0.3) is 4.85 Å². The van der Waals surface area contributed by atoms with E-state index in [-0.39, 0.29) is 6.04 Å². The van der Waals surface area contributed by atoms with Crippen LogP contribution in [-0.2, 0) is 0 Å². The molecule has 1 atom stereocenters. The molecule has 11 heavy (non-hydrogen) atoms. The van der Waals surface area contributed by atoms with Gasteiger partial charge in [-0.05, 0) is 12.1 Å². The van der Waals surface area contributed by atoms with Crippen molar-refractivity contribution in [3.05, 3.63) is 40.5 Å². The van der Waals surface area contributed by atoms with E-state index in [0.717, 1.165) is 5.56 Å². The first kappa shape index (κ1) is 8.03. The van der Waals surface area contributed by atoms with E-state index in [2.05, 4.69) is 9.83 Å². The smallest absolute Gasteiger partial charge is 0.247 e. The highest BCUT2D eigenvalue weighted by Gasteiger charge is 2.07. The standard InChI is InChI=1S/C8H7ClN2/c1-6(10-2)7-3-4-8(9)11-5-7/h3-6H,1H3. The summed E-state index contributed by atoms with van der Waals surface area (Å²) >= 11 is 5.57. The molecule has 1 heterocycles. The van der Waals surface area contributed by atoms with Crippen LogP contribution < -0.4 is 0 Å². The molecule has 0 saturated heterocycles. The van der Waals surface area contributed by atoms with Crippen molar-refractivity contribution in [1.29, 1.82) is 0 Å². The minimum absolute atomic E-state index is 0.125. The second-order valence-electron chi connectivity index (χ2n) is 2.22. The van der Waals surface area contributed by atoms with Gasteiger partial charge < -0.3 is 4.85 Å². The van der Waals surface area contributed by atoms with E-state index in [1.54, 1.807) is 12.3 Å². The fourth-order valence-corrected chi connectivity index (χ4v) is 0.821. The predicted octanol–water partition coefficient (Wildman–Crippen LogP) is 2.72. The van der Waals surface area contributed by atoms with Gasteiger partial charge in [0.05, 0.1) is 5.56 Å².